The molecule has 2 atom stereocenters. The Morgan fingerprint density at radius 1 is 1.12 bits per heavy atom. The summed E-state index contributed by atoms with van der Waals surface area (Å²) in [5, 5.41) is 0. The van der Waals surface area contributed by atoms with E-state index in [9.17, 15) is 9.59 Å². The fourth-order valence-electron chi connectivity index (χ4n) is 0.922. The molecule has 0 bridgehead atoms. The third-order valence-corrected chi connectivity index (χ3v) is 2.34. The van der Waals surface area contributed by atoms with Crippen molar-refractivity contribution >= 4 is 11.9 Å². The summed E-state index contributed by atoms with van der Waals surface area (Å²) in [4.78, 5) is 22.9. The molecule has 0 aliphatic heterocycles. The Balaban J connectivity index is 3.96. The smallest absolute Gasteiger partial charge is 0.320 e. The number of rotatable bonds is 7. The third kappa shape index (κ3) is 5.73. The molecule has 2 unspecified atom stereocenters. The number of unbranched alkanes of at least 4 members (excludes halogenated alkanes) is 1. The predicted molar refractivity (Wildman–Crippen MR) is 60.9 cm³/mol. The van der Waals surface area contributed by atoms with Crippen LogP contribution in [0.2, 0.25) is 0 Å². The van der Waals surface area contributed by atoms with Crippen molar-refractivity contribution in [3.8, 4) is 0 Å². The molecule has 0 aliphatic carbocycles. The Morgan fingerprint density at radius 2 is 1.75 bits per heavy atom. The number of esters is 2. The molecule has 0 saturated carbocycles. The first kappa shape index (κ1) is 14.9. The average molecular weight is 230 g/mol. The van der Waals surface area contributed by atoms with Crippen LogP contribution in [0.15, 0.2) is 0 Å². The highest BCUT2D eigenvalue weighted by Crippen LogP contribution is 2.06. The highest BCUT2D eigenvalue weighted by Gasteiger charge is 2.25. The Hall–Kier alpha value is -1.06. The van der Waals surface area contributed by atoms with Crippen LogP contribution in [0.4, 0.5) is 0 Å². The maximum absolute atomic E-state index is 11.5. The number of hydrogen-bond donors (Lipinski definition) is 0. The first-order chi connectivity index (χ1) is 7.52. The molecule has 94 valence electrons. The lowest BCUT2D eigenvalue weighted by molar-refractivity contribution is -0.164. The van der Waals surface area contributed by atoms with Crippen molar-refractivity contribution in [2.45, 2.75) is 53.1 Å². The van der Waals surface area contributed by atoms with Gasteiger partial charge in [-0.1, -0.05) is 20.3 Å². The first-order valence-electron chi connectivity index (χ1n) is 5.90. The van der Waals surface area contributed by atoms with Gasteiger partial charge in [-0.05, 0) is 26.7 Å². The van der Waals surface area contributed by atoms with Gasteiger partial charge in [0.25, 0.3) is 0 Å². The van der Waals surface area contributed by atoms with Crippen LogP contribution in [0.3, 0.4) is 0 Å². The summed E-state index contributed by atoms with van der Waals surface area (Å²) in [5.41, 5.74) is 0. The Morgan fingerprint density at radius 3 is 2.25 bits per heavy atom. The number of ether oxygens (including phenoxy) is 2. The molecule has 4 heteroatoms. The summed E-state index contributed by atoms with van der Waals surface area (Å²) in [7, 11) is 0. The quantitative estimate of drug-likeness (QED) is 0.382. The standard InChI is InChI=1S/C12H22O4/c1-5-7-8-15-11(13)10(4)12(14)16-9(3)6-2/h9-10H,5-8H2,1-4H3. The Kier molecular flexibility index (Phi) is 7.60. The van der Waals surface area contributed by atoms with E-state index < -0.39 is 17.9 Å². The minimum Gasteiger partial charge on any atom is -0.465 e. The number of carbonyl (C=O) groups is 2. The molecule has 0 saturated heterocycles. The van der Waals surface area contributed by atoms with Gasteiger partial charge in [0.2, 0.25) is 0 Å². The molecule has 0 aromatic carbocycles. The molecular weight excluding hydrogens is 208 g/mol. The topological polar surface area (TPSA) is 52.6 Å². The maximum Gasteiger partial charge on any atom is 0.320 e. The van der Waals surface area contributed by atoms with Gasteiger partial charge in [-0.2, -0.15) is 0 Å². The summed E-state index contributed by atoms with van der Waals surface area (Å²) in [6.45, 7) is 7.61. The lowest BCUT2D eigenvalue weighted by Crippen LogP contribution is -2.28. The first-order valence-corrected chi connectivity index (χ1v) is 5.90. The summed E-state index contributed by atoms with van der Waals surface area (Å²) >= 11 is 0. The molecule has 0 heterocycles. The second-order valence-corrected chi connectivity index (χ2v) is 3.90. The summed E-state index contributed by atoms with van der Waals surface area (Å²) < 4.78 is 9.99. The Bertz CT molecular complexity index is 225. The van der Waals surface area contributed by atoms with Crippen LogP contribution < -0.4 is 0 Å². The molecule has 4 nitrogen and oxygen atoms in total. The molecule has 0 amide bonds. The highest BCUT2D eigenvalue weighted by atomic mass is 16.6. The zero-order chi connectivity index (χ0) is 12.6. The second-order valence-electron chi connectivity index (χ2n) is 3.90. The van der Waals surface area contributed by atoms with Gasteiger partial charge < -0.3 is 9.47 Å². The van der Waals surface area contributed by atoms with Crippen LogP contribution in [0, 0.1) is 5.92 Å². The van der Waals surface area contributed by atoms with Gasteiger partial charge in [0, 0.05) is 0 Å². The van der Waals surface area contributed by atoms with Crippen molar-refractivity contribution in [1.82, 2.24) is 0 Å². The molecule has 16 heavy (non-hydrogen) atoms. The summed E-state index contributed by atoms with van der Waals surface area (Å²) in [6.07, 6.45) is 2.36. The van der Waals surface area contributed by atoms with Gasteiger partial charge in [0.05, 0.1) is 12.7 Å². The van der Waals surface area contributed by atoms with E-state index >= 15 is 0 Å². The largest absolute Gasteiger partial charge is 0.465 e. The van der Waals surface area contributed by atoms with Crippen LogP contribution >= 0.6 is 0 Å². The maximum atomic E-state index is 11.5. The van der Waals surface area contributed by atoms with Crippen LogP contribution in [0.5, 0.6) is 0 Å². The van der Waals surface area contributed by atoms with E-state index in [-0.39, 0.29) is 6.10 Å². The lowest BCUT2D eigenvalue weighted by Gasteiger charge is -2.14. The van der Waals surface area contributed by atoms with Crippen LogP contribution in [0.25, 0.3) is 0 Å². The van der Waals surface area contributed by atoms with Gasteiger partial charge in [-0.25, -0.2) is 0 Å². The predicted octanol–water partition coefficient (Wildman–Crippen LogP) is 2.31. The summed E-state index contributed by atoms with van der Waals surface area (Å²) in [6, 6.07) is 0. The lowest BCUT2D eigenvalue weighted by atomic mass is 10.2. The normalized spacial score (nSPS) is 14.0. The van der Waals surface area contributed by atoms with Gasteiger partial charge >= 0.3 is 11.9 Å². The van der Waals surface area contributed by atoms with E-state index in [4.69, 9.17) is 9.47 Å². The SMILES string of the molecule is CCCCOC(=O)C(C)C(=O)OC(C)CC. The van der Waals surface area contributed by atoms with Gasteiger partial charge in [0.1, 0.15) is 0 Å². The van der Waals surface area contributed by atoms with Crippen molar-refractivity contribution in [2.24, 2.45) is 5.92 Å². The highest BCUT2D eigenvalue weighted by molar-refractivity contribution is 5.94. The van der Waals surface area contributed by atoms with Crippen molar-refractivity contribution in [1.29, 1.82) is 0 Å². The number of carbonyl (C=O) groups excluding carboxylic acids is 2. The van der Waals surface area contributed by atoms with Crippen LogP contribution in [-0.2, 0) is 19.1 Å². The van der Waals surface area contributed by atoms with Crippen LogP contribution in [-0.4, -0.2) is 24.6 Å². The van der Waals surface area contributed by atoms with E-state index in [1.54, 1.807) is 6.92 Å². The molecular formula is C12H22O4. The third-order valence-electron chi connectivity index (χ3n) is 2.34. The molecule has 0 fully saturated rings. The molecule has 0 aromatic heterocycles. The molecule has 0 rings (SSSR count). The molecule has 0 radical (unpaired) electrons. The van der Waals surface area contributed by atoms with Gasteiger partial charge in [0.15, 0.2) is 5.92 Å². The minimum atomic E-state index is -0.828. The Labute approximate surface area is 97.3 Å². The molecule has 0 N–H and O–H groups in total. The zero-order valence-electron chi connectivity index (χ0n) is 10.6. The fourth-order valence-corrected chi connectivity index (χ4v) is 0.922. The van der Waals surface area contributed by atoms with Crippen LogP contribution in [0.1, 0.15) is 47.0 Å². The molecule has 0 spiro atoms. The minimum absolute atomic E-state index is 0.154. The van der Waals surface area contributed by atoms with Gasteiger partial charge in [-0.3, -0.25) is 9.59 Å². The van der Waals surface area contributed by atoms with E-state index in [0.717, 1.165) is 19.3 Å². The molecule has 0 aromatic rings. The van der Waals surface area contributed by atoms with Gasteiger partial charge in [-0.15, -0.1) is 0 Å². The van der Waals surface area contributed by atoms with Crippen molar-refractivity contribution in [3.05, 3.63) is 0 Å². The zero-order valence-corrected chi connectivity index (χ0v) is 10.6. The van der Waals surface area contributed by atoms with Crippen molar-refractivity contribution in [3.63, 3.8) is 0 Å². The van der Waals surface area contributed by atoms with E-state index in [2.05, 4.69) is 0 Å². The van der Waals surface area contributed by atoms with E-state index in [1.807, 2.05) is 13.8 Å². The van der Waals surface area contributed by atoms with E-state index in [1.165, 1.54) is 6.92 Å². The molecule has 0 aliphatic rings. The second kappa shape index (κ2) is 8.13. The fraction of sp³-hybridized carbons (Fsp3) is 0.833. The van der Waals surface area contributed by atoms with Crippen molar-refractivity contribution < 1.29 is 19.1 Å². The monoisotopic (exact) mass is 230 g/mol. The summed E-state index contributed by atoms with van der Waals surface area (Å²) in [5.74, 6) is -1.83. The average Bonchev–Trinajstić information content (AvgIpc) is 2.27. The number of hydrogen-bond acceptors (Lipinski definition) is 4. The van der Waals surface area contributed by atoms with Crippen molar-refractivity contribution in [2.75, 3.05) is 6.61 Å². The van der Waals surface area contributed by atoms with E-state index in [0.29, 0.717) is 6.61 Å².